The van der Waals surface area contributed by atoms with Crippen molar-refractivity contribution in [2.45, 2.75) is 19.4 Å². The Balaban J connectivity index is 2.46. The first-order chi connectivity index (χ1) is 9.79. The number of rotatable bonds is 3. The topological polar surface area (TPSA) is 49.3 Å². The van der Waals surface area contributed by atoms with E-state index in [0.29, 0.717) is 16.7 Å². The van der Waals surface area contributed by atoms with Gasteiger partial charge >= 0.3 is 6.09 Å². The van der Waals surface area contributed by atoms with Crippen LogP contribution in [0.25, 0.3) is 11.1 Å². The first-order valence-corrected chi connectivity index (χ1v) is 6.37. The summed E-state index contributed by atoms with van der Waals surface area (Å²) in [6.45, 7) is 3.37. The van der Waals surface area contributed by atoms with Crippen molar-refractivity contribution in [1.82, 2.24) is 5.32 Å². The number of carbonyl (C=O) groups is 1. The van der Waals surface area contributed by atoms with Crippen LogP contribution < -0.4 is 5.32 Å². The van der Waals surface area contributed by atoms with Gasteiger partial charge in [0, 0.05) is 5.56 Å². The molecule has 0 radical (unpaired) electrons. The van der Waals surface area contributed by atoms with Gasteiger partial charge in [0.15, 0.2) is 0 Å². The van der Waals surface area contributed by atoms with E-state index in [4.69, 9.17) is 5.11 Å². The number of amides is 1. The monoisotopic (exact) mass is 291 g/mol. The highest BCUT2D eigenvalue weighted by Gasteiger charge is 2.23. The smallest absolute Gasteiger partial charge is 0.405 e. The van der Waals surface area contributed by atoms with Gasteiger partial charge in [-0.1, -0.05) is 18.2 Å². The molecule has 5 heteroatoms. The molecule has 0 saturated carbocycles. The lowest BCUT2D eigenvalue weighted by molar-refractivity contribution is 0.182. The van der Waals surface area contributed by atoms with Crippen LogP contribution in [0.5, 0.6) is 0 Å². The van der Waals surface area contributed by atoms with Crippen LogP contribution in [0, 0.1) is 11.6 Å². The summed E-state index contributed by atoms with van der Waals surface area (Å²) in [7, 11) is 0. The number of carboxylic acid groups (broad SMARTS) is 1. The van der Waals surface area contributed by atoms with Crippen LogP contribution in [0.3, 0.4) is 0 Å². The van der Waals surface area contributed by atoms with Crippen LogP contribution in [0.2, 0.25) is 0 Å². The van der Waals surface area contributed by atoms with Crippen molar-refractivity contribution in [2.24, 2.45) is 0 Å². The molecule has 2 N–H and O–H groups in total. The third-order valence-corrected chi connectivity index (χ3v) is 3.26. The SMILES string of the molecule is CC(C)(NC(=O)O)c1ccc(F)c(-c2ccc(F)cc2)c1. The van der Waals surface area contributed by atoms with Crippen LogP contribution in [0.15, 0.2) is 42.5 Å². The quantitative estimate of drug-likeness (QED) is 0.893. The predicted molar refractivity (Wildman–Crippen MR) is 76.0 cm³/mol. The van der Waals surface area contributed by atoms with Gasteiger partial charge in [0.05, 0.1) is 5.54 Å². The molecule has 0 bridgehead atoms. The Morgan fingerprint density at radius 3 is 2.29 bits per heavy atom. The van der Waals surface area contributed by atoms with E-state index in [1.165, 1.54) is 36.4 Å². The maximum Gasteiger partial charge on any atom is 0.405 e. The first-order valence-electron chi connectivity index (χ1n) is 6.37. The zero-order valence-electron chi connectivity index (χ0n) is 11.7. The van der Waals surface area contributed by atoms with E-state index in [0.717, 1.165) is 0 Å². The summed E-state index contributed by atoms with van der Waals surface area (Å²) in [5, 5.41) is 11.2. The van der Waals surface area contributed by atoms with Gasteiger partial charge in [0.25, 0.3) is 0 Å². The van der Waals surface area contributed by atoms with Gasteiger partial charge in [-0.05, 0) is 49.2 Å². The molecule has 0 saturated heterocycles. The molecule has 0 aliphatic rings. The second kappa shape index (κ2) is 5.52. The normalized spacial score (nSPS) is 11.2. The van der Waals surface area contributed by atoms with E-state index in [9.17, 15) is 13.6 Å². The van der Waals surface area contributed by atoms with Crippen LogP contribution in [0.4, 0.5) is 13.6 Å². The largest absolute Gasteiger partial charge is 0.465 e. The minimum atomic E-state index is -1.16. The number of nitrogens with one attached hydrogen (secondary N) is 1. The molecule has 2 rings (SSSR count). The Bertz CT molecular complexity index is 666. The van der Waals surface area contributed by atoms with Gasteiger partial charge in [-0.25, -0.2) is 13.6 Å². The van der Waals surface area contributed by atoms with Crippen LogP contribution in [-0.4, -0.2) is 11.2 Å². The Labute approximate surface area is 121 Å². The molecule has 0 aromatic heterocycles. The highest BCUT2D eigenvalue weighted by molar-refractivity contribution is 5.68. The highest BCUT2D eigenvalue weighted by atomic mass is 19.1. The van der Waals surface area contributed by atoms with Crippen molar-refractivity contribution in [1.29, 1.82) is 0 Å². The third-order valence-electron chi connectivity index (χ3n) is 3.26. The summed E-state index contributed by atoms with van der Waals surface area (Å²) < 4.78 is 26.9. The summed E-state index contributed by atoms with van der Waals surface area (Å²) in [5.74, 6) is -0.848. The predicted octanol–water partition coefficient (Wildman–Crippen LogP) is 4.13. The number of benzene rings is 2. The molecular weight excluding hydrogens is 276 g/mol. The lowest BCUT2D eigenvalue weighted by Gasteiger charge is -2.25. The summed E-state index contributed by atoms with van der Waals surface area (Å²) in [5.41, 5.74) is 0.578. The van der Waals surface area contributed by atoms with Crippen molar-refractivity contribution < 1.29 is 18.7 Å². The second-order valence-electron chi connectivity index (χ2n) is 5.26. The Morgan fingerprint density at radius 2 is 1.71 bits per heavy atom. The summed E-state index contributed by atoms with van der Waals surface area (Å²) in [6.07, 6.45) is -1.16. The molecule has 0 atom stereocenters. The van der Waals surface area contributed by atoms with E-state index in [-0.39, 0.29) is 0 Å². The molecule has 21 heavy (non-hydrogen) atoms. The third kappa shape index (κ3) is 3.37. The van der Waals surface area contributed by atoms with Gasteiger partial charge in [0.1, 0.15) is 11.6 Å². The van der Waals surface area contributed by atoms with Crippen LogP contribution in [-0.2, 0) is 5.54 Å². The number of halogens is 2. The van der Waals surface area contributed by atoms with Crippen LogP contribution >= 0.6 is 0 Å². The standard InChI is InChI=1S/C16H15F2NO2/c1-16(2,19-15(20)21)11-5-8-14(18)13(9-11)10-3-6-12(17)7-4-10/h3-9,19H,1-2H3,(H,20,21). The Morgan fingerprint density at radius 1 is 1.10 bits per heavy atom. The lowest BCUT2D eigenvalue weighted by Crippen LogP contribution is -2.40. The fraction of sp³-hybridized carbons (Fsp3) is 0.188. The lowest BCUT2D eigenvalue weighted by atomic mass is 9.91. The van der Waals surface area contributed by atoms with Gasteiger partial charge in [-0.15, -0.1) is 0 Å². The van der Waals surface area contributed by atoms with Crippen molar-refractivity contribution in [3.63, 3.8) is 0 Å². The highest BCUT2D eigenvalue weighted by Crippen LogP contribution is 2.29. The minimum Gasteiger partial charge on any atom is -0.465 e. The molecule has 0 aliphatic carbocycles. The van der Waals surface area contributed by atoms with Gasteiger partial charge in [0.2, 0.25) is 0 Å². The van der Waals surface area contributed by atoms with Crippen molar-refractivity contribution in [2.75, 3.05) is 0 Å². The molecule has 0 unspecified atom stereocenters. The molecular formula is C16H15F2NO2. The second-order valence-corrected chi connectivity index (χ2v) is 5.26. The average molecular weight is 291 g/mol. The molecule has 110 valence electrons. The minimum absolute atomic E-state index is 0.299. The van der Waals surface area contributed by atoms with Gasteiger partial charge in [-0.3, -0.25) is 0 Å². The first kappa shape index (κ1) is 15.0. The molecule has 1 amide bonds. The molecule has 2 aromatic rings. The summed E-state index contributed by atoms with van der Waals surface area (Å²) in [4.78, 5) is 10.8. The molecule has 0 spiro atoms. The van der Waals surface area contributed by atoms with Gasteiger partial charge in [-0.2, -0.15) is 0 Å². The molecule has 3 nitrogen and oxygen atoms in total. The van der Waals surface area contributed by atoms with E-state index in [2.05, 4.69) is 5.32 Å². The zero-order chi connectivity index (χ0) is 15.6. The van der Waals surface area contributed by atoms with Crippen LogP contribution in [0.1, 0.15) is 19.4 Å². The fourth-order valence-corrected chi connectivity index (χ4v) is 2.10. The molecule has 0 aliphatic heterocycles. The van der Waals surface area contributed by atoms with E-state index < -0.39 is 23.3 Å². The Hall–Kier alpha value is -2.43. The van der Waals surface area contributed by atoms with E-state index in [1.54, 1.807) is 19.9 Å². The average Bonchev–Trinajstić information content (AvgIpc) is 2.38. The fourth-order valence-electron chi connectivity index (χ4n) is 2.10. The zero-order valence-corrected chi connectivity index (χ0v) is 11.7. The van der Waals surface area contributed by atoms with Crippen molar-refractivity contribution in [3.05, 3.63) is 59.7 Å². The molecule has 2 aromatic carbocycles. The summed E-state index contributed by atoms with van der Waals surface area (Å²) >= 11 is 0. The number of hydrogen-bond acceptors (Lipinski definition) is 1. The van der Waals surface area contributed by atoms with E-state index >= 15 is 0 Å². The maximum absolute atomic E-state index is 14.0. The summed E-state index contributed by atoms with van der Waals surface area (Å²) in [6, 6.07) is 9.84. The van der Waals surface area contributed by atoms with Crippen molar-refractivity contribution in [3.8, 4) is 11.1 Å². The number of hydrogen-bond donors (Lipinski definition) is 2. The molecule has 0 heterocycles. The molecule has 0 fully saturated rings. The Kier molecular flexibility index (Phi) is 3.93. The van der Waals surface area contributed by atoms with E-state index in [1.807, 2.05) is 0 Å². The van der Waals surface area contributed by atoms with Crippen molar-refractivity contribution >= 4 is 6.09 Å². The van der Waals surface area contributed by atoms with Gasteiger partial charge < -0.3 is 10.4 Å². The maximum atomic E-state index is 14.0.